The number of anilines is 2. The molecule has 1 N–H and O–H groups in total. The van der Waals surface area contributed by atoms with Crippen LogP contribution >= 0.6 is 0 Å². The zero-order valence-electron chi connectivity index (χ0n) is 14.9. The highest BCUT2D eigenvalue weighted by Crippen LogP contribution is 2.27. The van der Waals surface area contributed by atoms with Crippen molar-refractivity contribution >= 4 is 33.2 Å². The molecule has 0 bridgehead atoms. The highest BCUT2D eigenvalue weighted by atomic mass is 32.2. The molecule has 4 nitrogen and oxygen atoms in total. The SMILES string of the molecule is CS(=O)Cc1cccc(Nc2nc(-c3ccccc3)nc3ccccc23)c1. The quantitative estimate of drug-likeness (QED) is 0.539. The molecule has 1 heterocycles. The predicted octanol–water partition coefficient (Wildman–Crippen LogP) is 4.92. The molecule has 5 heteroatoms. The minimum absolute atomic E-state index is 0.537. The second kappa shape index (κ2) is 7.68. The minimum Gasteiger partial charge on any atom is -0.340 e. The summed E-state index contributed by atoms with van der Waals surface area (Å²) in [6.45, 7) is 0. The van der Waals surface area contributed by atoms with Gasteiger partial charge in [-0.2, -0.15) is 0 Å². The first-order valence-corrected chi connectivity index (χ1v) is 10.4. The third-order valence-electron chi connectivity index (χ3n) is 4.19. The Kier molecular flexibility index (Phi) is 4.94. The van der Waals surface area contributed by atoms with Crippen LogP contribution in [0.2, 0.25) is 0 Å². The summed E-state index contributed by atoms with van der Waals surface area (Å²) >= 11 is 0. The van der Waals surface area contributed by atoms with Gasteiger partial charge in [-0.15, -0.1) is 0 Å². The first-order chi connectivity index (χ1) is 13.2. The number of fused-ring (bicyclic) bond motifs is 1. The fourth-order valence-electron chi connectivity index (χ4n) is 3.00. The Bertz CT molecular complexity index is 1110. The fourth-order valence-corrected chi connectivity index (χ4v) is 3.65. The molecule has 1 unspecified atom stereocenters. The number of para-hydroxylation sites is 1. The number of hydrogen-bond acceptors (Lipinski definition) is 4. The zero-order valence-corrected chi connectivity index (χ0v) is 15.7. The Morgan fingerprint density at radius 2 is 1.67 bits per heavy atom. The molecule has 1 atom stereocenters. The van der Waals surface area contributed by atoms with E-state index in [4.69, 9.17) is 9.97 Å². The lowest BCUT2D eigenvalue weighted by Crippen LogP contribution is -2.00. The third-order valence-corrected chi connectivity index (χ3v) is 4.93. The van der Waals surface area contributed by atoms with Crippen LogP contribution in [0, 0.1) is 0 Å². The van der Waals surface area contributed by atoms with E-state index in [1.54, 1.807) is 6.26 Å². The van der Waals surface area contributed by atoms with Crippen LogP contribution in [0.1, 0.15) is 5.56 Å². The van der Waals surface area contributed by atoms with Crippen LogP contribution < -0.4 is 5.32 Å². The Labute approximate surface area is 160 Å². The number of hydrogen-bond donors (Lipinski definition) is 1. The monoisotopic (exact) mass is 373 g/mol. The molecule has 1 aromatic heterocycles. The first kappa shape index (κ1) is 17.4. The largest absolute Gasteiger partial charge is 0.340 e. The van der Waals surface area contributed by atoms with Gasteiger partial charge >= 0.3 is 0 Å². The van der Waals surface area contributed by atoms with Gasteiger partial charge in [0, 0.05) is 39.4 Å². The summed E-state index contributed by atoms with van der Waals surface area (Å²) < 4.78 is 11.5. The van der Waals surface area contributed by atoms with Gasteiger partial charge in [-0.05, 0) is 29.8 Å². The van der Waals surface area contributed by atoms with Gasteiger partial charge in [-0.1, -0.05) is 54.6 Å². The van der Waals surface area contributed by atoms with Crippen LogP contribution in [0.3, 0.4) is 0 Å². The maximum Gasteiger partial charge on any atom is 0.162 e. The second-order valence-electron chi connectivity index (χ2n) is 6.32. The van der Waals surface area contributed by atoms with E-state index >= 15 is 0 Å². The molecule has 3 aromatic carbocycles. The van der Waals surface area contributed by atoms with Crippen LogP contribution in [0.15, 0.2) is 78.9 Å². The van der Waals surface area contributed by atoms with Crippen molar-refractivity contribution in [3.05, 3.63) is 84.4 Å². The molecule has 0 radical (unpaired) electrons. The Balaban J connectivity index is 1.78. The van der Waals surface area contributed by atoms with Gasteiger partial charge in [-0.25, -0.2) is 9.97 Å². The maximum absolute atomic E-state index is 11.5. The number of rotatable bonds is 5. The van der Waals surface area contributed by atoms with Crippen molar-refractivity contribution in [2.24, 2.45) is 0 Å². The Hall–Kier alpha value is -3.05. The van der Waals surface area contributed by atoms with Crippen molar-refractivity contribution in [2.45, 2.75) is 5.75 Å². The van der Waals surface area contributed by atoms with Gasteiger partial charge in [-0.3, -0.25) is 4.21 Å². The predicted molar refractivity (Wildman–Crippen MR) is 112 cm³/mol. The standard InChI is InChI=1S/C22H19N3OS/c1-27(26)15-16-8-7-11-18(14-16)23-22-19-12-5-6-13-20(19)24-21(25-22)17-9-3-2-4-10-17/h2-14H,15H2,1H3,(H,23,24,25). The lowest BCUT2D eigenvalue weighted by atomic mass is 10.1. The smallest absolute Gasteiger partial charge is 0.162 e. The van der Waals surface area contributed by atoms with Crippen molar-refractivity contribution in [1.29, 1.82) is 0 Å². The first-order valence-electron chi connectivity index (χ1n) is 8.67. The summed E-state index contributed by atoms with van der Waals surface area (Å²) in [6.07, 6.45) is 1.71. The molecular formula is C22H19N3OS. The number of benzene rings is 3. The van der Waals surface area contributed by atoms with Gasteiger partial charge in [0.1, 0.15) is 5.82 Å². The fraction of sp³-hybridized carbons (Fsp3) is 0.0909. The molecule has 0 fully saturated rings. The summed E-state index contributed by atoms with van der Waals surface area (Å²) in [5.41, 5.74) is 3.81. The van der Waals surface area contributed by atoms with Gasteiger partial charge in [0.15, 0.2) is 5.82 Å². The lowest BCUT2D eigenvalue weighted by Gasteiger charge is -2.12. The van der Waals surface area contributed by atoms with Crippen molar-refractivity contribution < 1.29 is 4.21 Å². The normalized spacial score (nSPS) is 12.0. The summed E-state index contributed by atoms with van der Waals surface area (Å²) in [5.74, 6) is 1.98. The molecule has 0 aliphatic rings. The molecule has 4 rings (SSSR count). The van der Waals surface area contributed by atoms with Crippen LogP contribution in [0.4, 0.5) is 11.5 Å². The van der Waals surface area contributed by atoms with Crippen LogP contribution in [0.25, 0.3) is 22.3 Å². The summed E-state index contributed by atoms with van der Waals surface area (Å²) in [7, 11) is -0.876. The summed E-state index contributed by atoms with van der Waals surface area (Å²) in [5, 5.41) is 4.38. The third kappa shape index (κ3) is 4.04. The average molecular weight is 373 g/mol. The molecule has 27 heavy (non-hydrogen) atoms. The summed E-state index contributed by atoms with van der Waals surface area (Å²) in [6, 6.07) is 25.9. The molecular weight excluding hydrogens is 354 g/mol. The molecule has 0 aliphatic carbocycles. The van der Waals surface area contributed by atoms with Crippen molar-refractivity contribution in [2.75, 3.05) is 11.6 Å². The maximum atomic E-state index is 11.5. The van der Waals surface area contributed by atoms with Crippen molar-refractivity contribution in [1.82, 2.24) is 9.97 Å². The number of nitrogens with zero attached hydrogens (tertiary/aromatic N) is 2. The van der Waals surface area contributed by atoms with Gasteiger partial charge in [0.2, 0.25) is 0 Å². The molecule has 0 spiro atoms. The van der Waals surface area contributed by atoms with Crippen molar-refractivity contribution in [3.8, 4) is 11.4 Å². The van der Waals surface area contributed by atoms with Crippen molar-refractivity contribution in [3.63, 3.8) is 0 Å². The summed E-state index contributed by atoms with van der Waals surface area (Å²) in [4.78, 5) is 9.49. The molecule has 0 amide bonds. The van der Waals surface area contributed by atoms with Crippen LogP contribution in [-0.2, 0) is 16.6 Å². The molecule has 0 saturated carbocycles. The highest BCUT2D eigenvalue weighted by Gasteiger charge is 2.10. The average Bonchev–Trinajstić information content (AvgIpc) is 2.68. The number of aromatic nitrogens is 2. The lowest BCUT2D eigenvalue weighted by molar-refractivity contribution is 0.686. The van der Waals surface area contributed by atoms with E-state index in [1.807, 2.05) is 78.9 Å². The Morgan fingerprint density at radius 3 is 2.48 bits per heavy atom. The minimum atomic E-state index is -0.876. The van der Waals surface area contributed by atoms with Crippen LogP contribution in [-0.4, -0.2) is 20.4 Å². The molecule has 134 valence electrons. The topological polar surface area (TPSA) is 54.9 Å². The van der Waals surface area contributed by atoms with E-state index in [2.05, 4.69) is 5.32 Å². The Morgan fingerprint density at radius 1 is 0.889 bits per heavy atom. The second-order valence-corrected chi connectivity index (χ2v) is 7.76. The van der Waals surface area contributed by atoms with E-state index in [9.17, 15) is 4.21 Å². The van der Waals surface area contributed by atoms with Gasteiger partial charge in [0.25, 0.3) is 0 Å². The van der Waals surface area contributed by atoms with Gasteiger partial charge in [0.05, 0.1) is 5.52 Å². The van der Waals surface area contributed by atoms with E-state index in [0.29, 0.717) is 11.6 Å². The molecule has 4 aromatic rings. The van der Waals surface area contributed by atoms with Gasteiger partial charge < -0.3 is 5.32 Å². The van der Waals surface area contributed by atoms with E-state index in [-0.39, 0.29) is 0 Å². The van der Waals surface area contributed by atoms with E-state index in [1.165, 1.54) is 0 Å². The molecule has 0 aliphatic heterocycles. The molecule has 0 saturated heterocycles. The van der Waals surface area contributed by atoms with Crippen LogP contribution in [0.5, 0.6) is 0 Å². The zero-order chi connectivity index (χ0) is 18.6. The van der Waals surface area contributed by atoms with E-state index < -0.39 is 10.8 Å². The number of nitrogens with one attached hydrogen (secondary N) is 1. The van der Waals surface area contributed by atoms with E-state index in [0.717, 1.165) is 33.5 Å². The highest BCUT2D eigenvalue weighted by molar-refractivity contribution is 7.83.